The van der Waals surface area contributed by atoms with Gasteiger partial charge in [-0.15, -0.1) is 0 Å². The molecule has 1 aliphatic heterocycles. The van der Waals surface area contributed by atoms with Crippen LogP contribution in [0.4, 0.5) is 16.2 Å². The van der Waals surface area contributed by atoms with Crippen LogP contribution in [0.2, 0.25) is 5.02 Å². The Hall–Kier alpha value is -4.41. The molecule has 0 bridgehead atoms. The summed E-state index contributed by atoms with van der Waals surface area (Å²) in [7, 11) is 0. The van der Waals surface area contributed by atoms with Crippen molar-refractivity contribution < 1.29 is 19.3 Å². The molecule has 9 nitrogen and oxygen atoms in total. The van der Waals surface area contributed by atoms with Crippen LogP contribution in [0.25, 0.3) is 17.0 Å². The van der Waals surface area contributed by atoms with Gasteiger partial charge in [0.25, 0.3) is 16.8 Å². The Kier molecular flexibility index (Phi) is 7.23. The molecule has 39 heavy (non-hydrogen) atoms. The van der Waals surface area contributed by atoms with E-state index < -0.39 is 28.5 Å². The van der Waals surface area contributed by atoms with E-state index in [-0.39, 0.29) is 10.6 Å². The van der Waals surface area contributed by atoms with Gasteiger partial charge in [0.15, 0.2) is 0 Å². The van der Waals surface area contributed by atoms with Crippen LogP contribution in [0.15, 0.2) is 77.8 Å². The molecule has 1 fully saturated rings. The van der Waals surface area contributed by atoms with Gasteiger partial charge in [-0.05, 0) is 54.1 Å². The monoisotopic (exact) mass is 560 g/mol. The maximum atomic E-state index is 13.1. The van der Waals surface area contributed by atoms with Crippen LogP contribution in [0.1, 0.15) is 16.7 Å². The number of imide groups is 1. The van der Waals surface area contributed by atoms with E-state index in [1.54, 1.807) is 36.4 Å². The van der Waals surface area contributed by atoms with Gasteiger partial charge in [0.05, 0.1) is 9.83 Å². The number of amides is 3. The number of non-ortho nitro benzene ring substituents is 1. The second-order valence-electron chi connectivity index (χ2n) is 8.93. The van der Waals surface area contributed by atoms with Crippen LogP contribution in [-0.2, 0) is 16.1 Å². The molecule has 0 aliphatic carbocycles. The largest absolute Gasteiger partial charge is 0.342 e. The summed E-state index contributed by atoms with van der Waals surface area (Å²) in [5.74, 6) is -1.06. The minimum absolute atomic E-state index is 0.0175. The second kappa shape index (κ2) is 10.8. The molecule has 196 valence electrons. The number of carbonyl (C=O) groups excluding carboxylic acids is 3. The number of aromatic nitrogens is 1. The fourth-order valence-corrected chi connectivity index (χ4v) is 5.24. The average Bonchev–Trinajstić information content (AvgIpc) is 3.38. The third-order valence-corrected chi connectivity index (χ3v) is 7.55. The third kappa shape index (κ3) is 5.57. The molecule has 5 rings (SSSR count). The lowest BCUT2D eigenvalue weighted by atomic mass is 10.1. The minimum Gasteiger partial charge on any atom is -0.342 e. The molecule has 0 saturated carbocycles. The van der Waals surface area contributed by atoms with Crippen molar-refractivity contribution in [2.45, 2.75) is 13.5 Å². The van der Waals surface area contributed by atoms with Crippen molar-refractivity contribution in [2.75, 3.05) is 11.9 Å². The molecule has 3 aromatic carbocycles. The molecular formula is C28H21ClN4O5S. The van der Waals surface area contributed by atoms with Crippen LogP contribution >= 0.6 is 23.4 Å². The summed E-state index contributed by atoms with van der Waals surface area (Å²) in [5, 5.41) is 14.5. The molecule has 0 atom stereocenters. The number of benzene rings is 3. The lowest BCUT2D eigenvalue weighted by Crippen LogP contribution is -2.36. The predicted molar refractivity (Wildman–Crippen MR) is 152 cm³/mol. The zero-order chi connectivity index (χ0) is 27.7. The summed E-state index contributed by atoms with van der Waals surface area (Å²) in [5.41, 5.74) is 3.85. The van der Waals surface area contributed by atoms with Gasteiger partial charge in [0.2, 0.25) is 5.91 Å². The third-order valence-electron chi connectivity index (χ3n) is 6.24. The van der Waals surface area contributed by atoms with E-state index in [1.165, 1.54) is 12.1 Å². The SMILES string of the molecule is Cc1ccc(NC(=O)CN2C(=O)SC(=Cc3cn(Cc4ccc([N+](=O)[O-])cc4)c4ccccc34)C2=O)cc1Cl. The quantitative estimate of drug-likeness (QED) is 0.163. The molecule has 2 heterocycles. The Morgan fingerprint density at radius 2 is 1.85 bits per heavy atom. The maximum Gasteiger partial charge on any atom is 0.294 e. The van der Waals surface area contributed by atoms with E-state index in [2.05, 4.69) is 5.32 Å². The highest BCUT2D eigenvalue weighted by molar-refractivity contribution is 8.18. The topological polar surface area (TPSA) is 115 Å². The maximum absolute atomic E-state index is 13.1. The summed E-state index contributed by atoms with van der Waals surface area (Å²) >= 11 is 6.89. The first kappa shape index (κ1) is 26.2. The lowest BCUT2D eigenvalue weighted by molar-refractivity contribution is -0.384. The molecule has 0 unspecified atom stereocenters. The van der Waals surface area contributed by atoms with Crippen LogP contribution in [0.5, 0.6) is 0 Å². The van der Waals surface area contributed by atoms with E-state index in [9.17, 15) is 24.5 Å². The first-order chi connectivity index (χ1) is 18.7. The van der Waals surface area contributed by atoms with Gasteiger partial charge in [-0.3, -0.25) is 29.4 Å². The molecule has 1 N–H and O–H groups in total. The Morgan fingerprint density at radius 1 is 1.10 bits per heavy atom. The highest BCUT2D eigenvalue weighted by atomic mass is 35.5. The highest BCUT2D eigenvalue weighted by Gasteiger charge is 2.36. The van der Waals surface area contributed by atoms with Crippen molar-refractivity contribution in [2.24, 2.45) is 0 Å². The molecule has 1 aromatic heterocycles. The Labute approximate surface area is 232 Å². The summed E-state index contributed by atoms with van der Waals surface area (Å²) in [6.07, 6.45) is 3.52. The Morgan fingerprint density at radius 3 is 2.56 bits per heavy atom. The zero-order valence-corrected chi connectivity index (χ0v) is 22.2. The van der Waals surface area contributed by atoms with Crippen molar-refractivity contribution in [3.8, 4) is 0 Å². The van der Waals surface area contributed by atoms with E-state index in [1.807, 2.05) is 42.0 Å². The van der Waals surface area contributed by atoms with Gasteiger partial charge in [0.1, 0.15) is 6.54 Å². The van der Waals surface area contributed by atoms with Crippen LogP contribution in [0, 0.1) is 17.0 Å². The average molecular weight is 561 g/mol. The standard InChI is InChI=1S/C28H21ClN4O5S/c1-17-6-9-20(13-23(17)29)30-26(34)16-32-27(35)25(39-28(32)36)12-19-15-31(24-5-3-2-4-22(19)24)14-18-7-10-21(11-8-18)33(37)38/h2-13,15H,14,16H2,1H3,(H,30,34). The fraction of sp³-hybridized carbons (Fsp3) is 0.107. The highest BCUT2D eigenvalue weighted by Crippen LogP contribution is 2.34. The number of halogens is 1. The first-order valence-electron chi connectivity index (χ1n) is 11.8. The molecule has 0 spiro atoms. The van der Waals surface area contributed by atoms with Crippen molar-refractivity contribution >= 4 is 68.8 Å². The number of para-hydroxylation sites is 1. The van der Waals surface area contributed by atoms with Gasteiger partial charge in [-0.1, -0.05) is 48.0 Å². The fourth-order valence-electron chi connectivity index (χ4n) is 4.23. The Bertz CT molecular complexity index is 1680. The molecule has 0 radical (unpaired) electrons. The Balaban J connectivity index is 1.35. The molecular weight excluding hydrogens is 540 g/mol. The van der Waals surface area contributed by atoms with E-state index in [0.29, 0.717) is 17.3 Å². The van der Waals surface area contributed by atoms with Crippen LogP contribution < -0.4 is 5.32 Å². The van der Waals surface area contributed by atoms with E-state index in [0.717, 1.165) is 44.3 Å². The van der Waals surface area contributed by atoms with E-state index in [4.69, 9.17) is 11.6 Å². The van der Waals surface area contributed by atoms with Gasteiger partial charge in [0, 0.05) is 52.1 Å². The van der Waals surface area contributed by atoms with Crippen molar-refractivity contribution in [3.05, 3.63) is 110 Å². The summed E-state index contributed by atoms with van der Waals surface area (Å²) in [4.78, 5) is 49.9. The van der Waals surface area contributed by atoms with Crippen molar-refractivity contribution in [3.63, 3.8) is 0 Å². The van der Waals surface area contributed by atoms with Gasteiger partial charge >= 0.3 is 0 Å². The summed E-state index contributed by atoms with van der Waals surface area (Å²) in [6, 6.07) is 19.0. The predicted octanol–water partition coefficient (Wildman–Crippen LogP) is 6.23. The van der Waals surface area contributed by atoms with Crippen LogP contribution in [0.3, 0.4) is 0 Å². The zero-order valence-electron chi connectivity index (χ0n) is 20.6. The number of nitro benzene ring substituents is 1. The smallest absolute Gasteiger partial charge is 0.294 e. The molecule has 11 heteroatoms. The summed E-state index contributed by atoms with van der Waals surface area (Å²) < 4.78 is 1.98. The van der Waals surface area contributed by atoms with Crippen molar-refractivity contribution in [1.82, 2.24) is 9.47 Å². The van der Waals surface area contributed by atoms with Crippen LogP contribution in [-0.4, -0.2) is 38.0 Å². The summed E-state index contributed by atoms with van der Waals surface area (Å²) in [6.45, 7) is 1.88. The lowest BCUT2D eigenvalue weighted by Gasteiger charge is -2.12. The van der Waals surface area contributed by atoms with Gasteiger partial charge < -0.3 is 9.88 Å². The second-order valence-corrected chi connectivity index (χ2v) is 10.3. The molecule has 1 saturated heterocycles. The number of aryl methyl sites for hydroxylation is 1. The van der Waals surface area contributed by atoms with E-state index >= 15 is 0 Å². The number of hydrogen-bond donors (Lipinski definition) is 1. The number of nitrogens with one attached hydrogen (secondary N) is 1. The number of hydrogen-bond acceptors (Lipinski definition) is 6. The van der Waals surface area contributed by atoms with Crippen molar-refractivity contribution in [1.29, 1.82) is 0 Å². The number of thioether (sulfide) groups is 1. The number of nitrogens with zero attached hydrogens (tertiary/aromatic N) is 3. The minimum atomic E-state index is -0.547. The number of nitro groups is 1. The number of rotatable bonds is 7. The normalized spacial score (nSPS) is 14.4. The number of anilines is 1. The number of carbonyl (C=O) groups is 3. The molecule has 3 amide bonds. The van der Waals surface area contributed by atoms with Gasteiger partial charge in [-0.2, -0.15) is 0 Å². The molecule has 4 aromatic rings. The number of fused-ring (bicyclic) bond motifs is 1. The first-order valence-corrected chi connectivity index (χ1v) is 13.0. The molecule has 1 aliphatic rings. The van der Waals surface area contributed by atoms with Gasteiger partial charge in [-0.25, -0.2) is 0 Å².